The van der Waals surface area contributed by atoms with Crippen molar-refractivity contribution in [3.05, 3.63) is 36.2 Å². The summed E-state index contributed by atoms with van der Waals surface area (Å²) in [5.74, 6) is 0.254. The SMILES string of the molecule is C=C(OCC)c1cccc(C(=O)NC)n1. The van der Waals surface area contributed by atoms with Gasteiger partial charge in [-0.15, -0.1) is 0 Å². The number of aromatic nitrogens is 1. The van der Waals surface area contributed by atoms with Gasteiger partial charge in [-0.05, 0) is 19.1 Å². The van der Waals surface area contributed by atoms with Crippen molar-refractivity contribution < 1.29 is 9.53 Å². The number of rotatable bonds is 4. The molecule has 4 heteroatoms. The fourth-order valence-corrected chi connectivity index (χ4v) is 1.09. The van der Waals surface area contributed by atoms with E-state index >= 15 is 0 Å². The molecule has 0 aliphatic rings. The Morgan fingerprint density at radius 2 is 2.20 bits per heavy atom. The second-order valence-electron chi connectivity index (χ2n) is 2.84. The molecule has 0 radical (unpaired) electrons. The van der Waals surface area contributed by atoms with Crippen LogP contribution in [0.25, 0.3) is 5.76 Å². The Bertz CT molecular complexity index is 375. The molecule has 0 bridgehead atoms. The zero-order valence-electron chi connectivity index (χ0n) is 8.91. The molecule has 1 heterocycles. The molecule has 0 unspecified atom stereocenters. The lowest BCUT2D eigenvalue weighted by atomic mass is 10.2. The summed E-state index contributed by atoms with van der Waals surface area (Å²) in [5, 5.41) is 2.51. The number of carbonyl (C=O) groups excluding carboxylic acids is 1. The van der Waals surface area contributed by atoms with E-state index < -0.39 is 0 Å². The lowest BCUT2D eigenvalue weighted by Gasteiger charge is -2.06. The molecule has 1 rings (SSSR count). The van der Waals surface area contributed by atoms with Gasteiger partial charge in [-0.3, -0.25) is 4.79 Å². The van der Waals surface area contributed by atoms with Crippen molar-refractivity contribution in [3.63, 3.8) is 0 Å². The van der Waals surface area contributed by atoms with Gasteiger partial charge in [-0.25, -0.2) is 4.98 Å². The van der Waals surface area contributed by atoms with Gasteiger partial charge in [-0.2, -0.15) is 0 Å². The summed E-state index contributed by atoms with van der Waals surface area (Å²) < 4.78 is 5.21. The zero-order chi connectivity index (χ0) is 11.3. The second-order valence-corrected chi connectivity index (χ2v) is 2.84. The van der Waals surface area contributed by atoms with Crippen LogP contribution >= 0.6 is 0 Å². The minimum atomic E-state index is -0.221. The highest BCUT2D eigenvalue weighted by Gasteiger charge is 2.07. The van der Waals surface area contributed by atoms with Crippen LogP contribution in [0.3, 0.4) is 0 Å². The van der Waals surface area contributed by atoms with Crippen LogP contribution in [0.4, 0.5) is 0 Å². The van der Waals surface area contributed by atoms with Gasteiger partial charge in [0.15, 0.2) is 0 Å². The minimum absolute atomic E-state index is 0.221. The molecule has 1 aromatic heterocycles. The van der Waals surface area contributed by atoms with Gasteiger partial charge in [0.25, 0.3) is 5.91 Å². The van der Waals surface area contributed by atoms with Crippen LogP contribution in [0.5, 0.6) is 0 Å². The Kier molecular flexibility index (Phi) is 3.85. The van der Waals surface area contributed by atoms with Crippen molar-refractivity contribution in [1.29, 1.82) is 0 Å². The maximum Gasteiger partial charge on any atom is 0.269 e. The fourth-order valence-electron chi connectivity index (χ4n) is 1.09. The molecule has 15 heavy (non-hydrogen) atoms. The summed E-state index contributed by atoms with van der Waals surface area (Å²) in [6.45, 7) is 6.13. The first kappa shape index (κ1) is 11.2. The zero-order valence-corrected chi connectivity index (χ0v) is 8.91. The molecule has 0 saturated carbocycles. The number of hydrogen-bond acceptors (Lipinski definition) is 3. The van der Waals surface area contributed by atoms with E-state index in [1.807, 2.05) is 6.92 Å². The van der Waals surface area contributed by atoms with Crippen LogP contribution in [0.1, 0.15) is 23.1 Å². The molecule has 0 atom stereocenters. The first-order valence-corrected chi connectivity index (χ1v) is 4.70. The van der Waals surface area contributed by atoms with E-state index in [-0.39, 0.29) is 5.91 Å². The smallest absolute Gasteiger partial charge is 0.269 e. The van der Waals surface area contributed by atoms with Gasteiger partial charge in [0, 0.05) is 7.05 Å². The normalized spacial score (nSPS) is 9.47. The summed E-state index contributed by atoms with van der Waals surface area (Å²) in [4.78, 5) is 15.4. The molecule has 0 aliphatic heterocycles. The first-order valence-electron chi connectivity index (χ1n) is 4.70. The molecule has 0 aliphatic carbocycles. The summed E-state index contributed by atoms with van der Waals surface area (Å²) in [6, 6.07) is 5.14. The summed E-state index contributed by atoms with van der Waals surface area (Å²) in [6.07, 6.45) is 0. The van der Waals surface area contributed by atoms with E-state index in [2.05, 4.69) is 16.9 Å². The van der Waals surface area contributed by atoms with Gasteiger partial charge < -0.3 is 10.1 Å². The van der Waals surface area contributed by atoms with Gasteiger partial charge in [-0.1, -0.05) is 12.6 Å². The van der Waals surface area contributed by atoms with Crippen LogP contribution in [0.15, 0.2) is 24.8 Å². The van der Waals surface area contributed by atoms with Crippen molar-refractivity contribution in [2.75, 3.05) is 13.7 Å². The Hall–Kier alpha value is -1.84. The lowest BCUT2D eigenvalue weighted by molar-refractivity contribution is 0.0958. The van der Waals surface area contributed by atoms with Crippen molar-refractivity contribution in [3.8, 4) is 0 Å². The van der Waals surface area contributed by atoms with E-state index in [9.17, 15) is 4.79 Å². The molecule has 0 aromatic carbocycles. The van der Waals surface area contributed by atoms with E-state index in [1.54, 1.807) is 25.2 Å². The van der Waals surface area contributed by atoms with E-state index in [1.165, 1.54) is 0 Å². The molecular weight excluding hydrogens is 192 g/mol. The average Bonchev–Trinajstić information content (AvgIpc) is 2.28. The molecule has 0 saturated heterocycles. The molecule has 1 N–H and O–H groups in total. The minimum Gasteiger partial charge on any atom is -0.492 e. The van der Waals surface area contributed by atoms with E-state index in [4.69, 9.17) is 4.74 Å². The average molecular weight is 206 g/mol. The third kappa shape index (κ3) is 2.80. The van der Waals surface area contributed by atoms with Crippen molar-refractivity contribution in [2.24, 2.45) is 0 Å². The van der Waals surface area contributed by atoms with Crippen LogP contribution in [-0.2, 0) is 4.74 Å². The Labute approximate surface area is 89.0 Å². The number of amides is 1. The van der Waals surface area contributed by atoms with Gasteiger partial charge in [0.05, 0.1) is 6.61 Å². The van der Waals surface area contributed by atoms with Crippen molar-refractivity contribution >= 4 is 11.7 Å². The summed E-state index contributed by atoms with van der Waals surface area (Å²) in [7, 11) is 1.56. The molecule has 1 amide bonds. The molecule has 1 aromatic rings. The maximum atomic E-state index is 11.3. The quantitative estimate of drug-likeness (QED) is 0.758. The molecule has 0 fully saturated rings. The van der Waals surface area contributed by atoms with Crippen LogP contribution < -0.4 is 5.32 Å². The van der Waals surface area contributed by atoms with Crippen LogP contribution in [0, 0.1) is 0 Å². The number of carbonyl (C=O) groups is 1. The van der Waals surface area contributed by atoms with Crippen LogP contribution in [0.2, 0.25) is 0 Å². The molecule has 0 spiro atoms. The highest BCUT2D eigenvalue weighted by Crippen LogP contribution is 2.11. The Balaban J connectivity index is 2.92. The monoisotopic (exact) mass is 206 g/mol. The van der Waals surface area contributed by atoms with E-state index in [0.29, 0.717) is 23.8 Å². The summed E-state index contributed by atoms with van der Waals surface area (Å²) in [5.41, 5.74) is 0.939. The first-order chi connectivity index (χ1) is 7.19. The summed E-state index contributed by atoms with van der Waals surface area (Å²) >= 11 is 0. The van der Waals surface area contributed by atoms with Crippen molar-refractivity contribution in [1.82, 2.24) is 10.3 Å². The third-order valence-corrected chi connectivity index (χ3v) is 1.81. The topological polar surface area (TPSA) is 51.2 Å². The number of nitrogens with zero attached hydrogens (tertiary/aromatic N) is 1. The largest absolute Gasteiger partial charge is 0.492 e. The second kappa shape index (κ2) is 5.14. The third-order valence-electron chi connectivity index (χ3n) is 1.81. The molecular formula is C11H14N2O2. The maximum absolute atomic E-state index is 11.3. The fraction of sp³-hybridized carbons (Fsp3) is 0.273. The standard InChI is InChI=1S/C11H14N2O2/c1-4-15-8(2)9-6-5-7-10(13-9)11(14)12-3/h5-7H,2,4H2,1,3H3,(H,12,14). The highest BCUT2D eigenvalue weighted by atomic mass is 16.5. The van der Waals surface area contributed by atoms with Gasteiger partial charge >= 0.3 is 0 Å². The number of pyridine rings is 1. The van der Waals surface area contributed by atoms with Crippen molar-refractivity contribution in [2.45, 2.75) is 6.92 Å². The molecule has 4 nitrogen and oxygen atoms in total. The van der Waals surface area contributed by atoms with E-state index in [0.717, 1.165) is 0 Å². The number of nitrogens with one attached hydrogen (secondary N) is 1. The van der Waals surface area contributed by atoms with Gasteiger partial charge in [0.2, 0.25) is 0 Å². The number of hydrogen-bond donors (Lipinski definition) is 1. The van der Waals surface area contributed by atoms with Crippen LogP contribution in [-0.4, -0.2) is 24.5 Å². The number of ether oxygens (including phenoxy) is 1. The lowest BCUT2D eigenvalue weighted by Crippen LogP contribution is -2.19. The molecule has 80 valence electrons. The Morgan fingerprint density at radius 1 is 1.53 bits per heavy atom. The predicted molar refractivity (Wildman–Crippen MR) is 58.3 cm³/mol. The highest BCUT2D eigenvalue weighted by molar-refractivity contribution is 5.92. The Morgan fingerprint density at radius 3 is 2.80 bits per heavy atom. The predicted octanol–water partition coefficient (Wildman–Crippen LogP) is 1.45. The van der Waals surface area contributed by atoms with Gasteiger partial charge in [0.1, 0.15) is 17.1 Å².